The number of amides is 1. The molecule has 0 fully saturated rings. The van der Waals surface area contributed by atoms with Gasteiger partial charge in [-0.2, -0.15) is 5.10 Å². The standard InChI is InChI=1S/C11H13N5O/c1-6-10(12)7(2)16(15-6)9-4-3-8(5-14-9)11(13)17/h3-5H,12H2,1-2H3,(H2,13,17). The lowest BCUT2D eigenvalue weighted by molar-refractivity contribution is 0.1000. The van der Waals surface area contributed by atoms with Gasteiger partial charge in [-0.25, -0.2) is 9.67 Å². The molecule has 6 nitrogen and oxygen atoms in total. The number of hydrogen-bond donors (Lipinski definition) is 2. The highest BCUT2D eigenvalue weighted by atomic mass is 16.1. The summed E-state index contributed by atoms with van der Waals surface area (Å²) in [6, 6.07) is 3.29. The average Bonchev–Trinajstić information content (AvgIpc) is 2.57. The monoisotopic (exact) mass is 231 g/mol. The van der Waals surface area contributed by atoms with E-state index in [9.17, 15) is 4.79 Å². The summed E-state index contributed by atoms with van der Waals surface area (Å²) in [4.78, 5) is 15.0. The Hall–Kier alpha value is -2.37. The van der Waals surface area contributed by atoms with Gasteiger partial charge < -0.3 is 11.5 Å². The zero-order valence-electron chi connectivity index (χ0n) is 9.64. The van der Waals surface area contributed by atoms with Gasteiger partial charge in [0.2, 0.25) is 5.91 Å². The van der Waals surface area contributed by atoms with Crippen LogP contribution in [0.25, 0.3) is 5.82 Å². The van der Waals surface area contributed by atoms with E-state index in [0.717, 1.165) is 11.4 Å². The van der Waals surface area contributed by atoms with Crippen molar-refractivity contribution in [3.05, 3.63) is 35.3 Å². The minimum atomic E-state index is -0.503. The molecule has 2 heterocycles. The van der Waals surface area contributed by atoms with E-state index in [1.54, 1.807) is 16.8 Å². The fraction of sp³-hybridized carbons (Fsp3) is 0.182. The number of anilines is 1. The minimum Gasteiger partial charge on any atom is -0.396 e. The summed E-state index contributed by atoms with van der Waals surface area (Å²) in [6.45, 7) is 3.69. The first kappa shape index (κ1) is 11.1. The van der Waals surface area contributed by atoms with Crippen LogP contribution >= 0.6 is 0 Å². The number of rotatable bonds is 2. The molecule has 0 saturated heterocycles. The van der Waals surface area contributed by atoms with Gasteiger partial charge in [0.1, 0.15) is 0 Å². The molecule has 88 valence electrons. The third-order valence-corrected chi connectivity index (χ3v) is 2.60. The van der Waals surface area contributed by atoms with Crippen LogP contribution in [0.3, 0.4) is 0 Å². The van der Waals surface area contributed by atoms with Crippen LogP contribution in [0.1, 0.15) is 21.7 Å². The van der Waals surface area contributed by atoms with Gasteiger partial charge in [0.15, 0.2) is 5.82 Å². The number of pyridine rings is 1. The predicted molar refractivity (Wildman–Crippen MR) is 63.8 cm³/mol. The van der Waals surface area contributed by atoms with Gasteiger partial charge in [0.25, 0.3) is 0 Å². The van der Waals surface area contributed by atoms with Crippen molar-refractivity contribution < 1.29 is 4.79 Å². The highest BCUT2D eigenvalue weighted by Gasteiger charge is 2.10. The van der Waals surface area contributed by atoms with Crippen LogP contribution in [0.15, 0.2) is 18.3 Å². The summed E-state index contributed by atoms with van der Waals surface area (Å²) in [7, 11) is 0. The topological polar surface area (TPSA) is 99.8 Å². The lowest BCUT2D eigenvalue weighted by Gasteiger charge is -2.03. The number of aryl methyl sites for hydroxylation is 1. The van der Waals surface area contributed by atoms with Gasteiger partial charge in [0.05, 0.1) is 22.6 Å². The molecule has 2 aromatic rings. The maximum absolute atomic E-state index is 10.9. The molecule has 0 bridgehead atoms. The van der Waals surface area contributed by atoms with E-state index in [-0.39, 0.29) is 0 Å². The minimum absolute atomic E-state index is 0.364. The summed E-state index contributed by atoms with van der Waals surface area (Å²) in [6.07, 6.45) is 1.42. The first-order chi connectivity index (χ1) is 8.00. The molecule has 0 aliphatic rings. The summed E-state index contributed by atoms with van der Waals surface area (Å²) in [5.74, 6) is 0.101. The Bertz CT molecular complexity index is 570. The molecule has 0 radical (unpaired) electrons. The maximum Gasteiger partial charge on any atom is 0.250 e. The third kappa shape index (κ3) is 1.84. The lowest BCUT2D eigenvalue weighted by Crippen LogP contribution is -2.12. The van der Waals surface area contributed by atoms with Crippen LogP contribution in [0.4, 0.5) is 5.69 Å². The molecule has 1 amide bonds. The van der Waals surface area contributed by atoms with Crippen molar-refractivity contribution in [3.63, 3.8) is 0 Å². The van der Waals surface area contributed by atoms with Crippen LogP contribution < -0.4 is 11.5 Å². The largest absolute Gasteiger partial charge is 0.396 e. The van der Waals surface area contributed by atoms with Gasteiger partial charge in [0, 0.05) is 6.20 Å². The number of carbonyl (C=O) groups excluding carboxylic acids is 1. The van der Waals surface area contributed by atoms with Crippen molar-refractivity contribution in [3.8, 4) is 5.82 Å². The summed E-state index contributed by atoms with van der Waals surface area (Å²) in [5, 5.41) is 4.27. The number of nitrogens with two attached hydrogens (primary N) is 2. The molecule has 17 heavy (non-hydrogen) atoms. The first-order valence-corrected chi connectivity index (χ1v) is 5.08. The summed E-state index contributed by atoms with van der Waals surface area (Å²) in [5.41, 5.74) is 13.6. The molecule has 2 rings (SSSR count). The smallest absolute Gasteiger partial charge is 0.250 e. The number of primary amides is 1. The Morgan fingerprint density at radius 1 is 1.35 bits per heavy atom. The predicted octanol–water partition coefficient (Wildman–Crippen LogP) is 0.565. The number of carbonyl (C=O) groups is 1. The highest BCUT2D eigenvalue weighted by molar-refractivity contribution is 5.92. The van der Waals surface area contributed by atoms with Crippen molar-refractivity contribution in [1.82, 2.24) is 14.8 Å². The van der Waals surface area contributed by atoms with E-state index in [1.165, 1.54) is 6.20 Å². The van der Waals surface area contributed by atoms with Crippen LogP contribution in [0.2, 0.25) is 0 Å². The fourth-order valence-corrected chi connectivity index (χ4v) is 1.53. The lowest BCUT2D eigenvalue weighted by atomic mass is 10.3. The molecular weight excluding hydrogens is 218 g/mol. The zero-order chi connectivity index (χ0) is 12.6. The average molecular weight is 231 g/mol. The highest BCUT2D eigenvalue weighted by Crippen LogP contribution is 2.18. The molecule has 6 heteroatoms. The third-order valence-electron chi connectivity index (χ3n) is 2.60. The Morgan fingerprint density at radius 3 is 2.47 bits per heavy atom. The molecule has 0 atom stereocenters. The van der Waals surface area contributed by atoms with Gasteiger partial charge >= 0.3 is 0 Å². The van der Waals surface area contributed by atoms with E-state index in [0.29, 0.717) is 17.1 Å². The molecule has 0 aliphatic heterocycles. The Balaban J connectivity index is 2.47. The summed E-state index contributed by atoms with van der Waals surface area (Å²) >= 11 is 0. The molecule has 0 spiro atoms. The van der Waals surface area contributed by atoms with E-state index >= 15 is 0 Å². The fourth-order valence-electron chi connectivity index (χ4n) is 1.53. The van der Waals surface area contributed by atoms with Crippen LogP contribution in [0.5, 0.6) is 0 Å². The van der Waals surface area contributed by atoms with Gasteiger partial charge in [-0.1, -0.05) is 0 Å². The molecule has 4 N–H and O–H groups in total. The SMILES string of the molecule is Cc1nn(-c2ccc(C(N)=O)cn2)c(C)c1N. The number of nitrogen functional groups attached to an aromatic ring is 1. The van der Waals surface area contributed by atoms with E-state index in [1.807, 2.05) is 13.8 Å². The molecule has 0 aliphatic carbocycles. The number of aromatic nitrogens is 3. The molecule has 0 saturated carbocycles. The van der Waals surface area contributed by atoms with Crippen molar-refractivity contribution in [1.29, 1.82) is 0 Å². The molecule has 0 aromatic carbocycles. The van der Waals surface area contributed by atoms with Crippen molar-refractivity contribution in [2.45, 2.75) is 13.8 Å². The summed E-state index contributed by atoms with van der Waals surface area (Å²) < 4.78 is 1.63. The van der Waals surface area contributed by atoms with Crippen molar-refractivity contribution in [2.24, 2.45) is 5.73 Å². The van der Waals surface area contributed by atoms with Crippen LogP contribution in [0, 0.1) is 13.8 Å². The molecule has 0 unspecified atom stereocenters. The van der Waals surface area contributed by atoms with Crippen molar-refractivity contribution in [2.75, 3.05) is 5.73 Å². The molecular formula is C11H13N5O. The van der Waals surface area contributed by atoms with E-state index in [2.05, 4.69) is 10.1 Å². The Morgan fingerprint density at radius 2 is 2.06 bits per heavy atom. The second-order valence-corrected chi connectivity index (χ2v) is 3.77. The molecule has 2 aromatic heterocycles. The normalized spacial score (nSPS) is 10.5. The maximum atomic E-state index is 10.9. The van der Waals surface area contributed by atoms with E-state index < -0.39 is 5.91 Å². The second kappa shape index (κ2) is 3.89. The van der Waals surface area contributed by atoms with Crippen LogP contribution in [-0.2, 0) is 0 Å². The van der Waals surface area contributed by atoms with Gasteiger partial charge in [-0.3, -0.25) is 4.79 Å². The van der Waals surface area contributed by atoms with E-state index in [4.69, 9.17) is 11.5 Å². The van der Waals surface area contributed by atoms with Gasteiger partial charge in [-0.05, 0) is 26.0 Å². The number of hydrogen-bond acceptors (Lipinski definition) is 4. The van der Waals surface area contributed by atoms with Crippen molar-refractivity contribution >= 4 is 11.6 Å². The Labute approximate surface area is 98.3 Å². The first-order valence-electron chi connectivity index (χ1n) is 5.08. The second-order valence-electron chi connectivity index (χ2n) is 3.77. The number of nitrogens with zero attached hydrogens (tertiary/aromatic N) is 3. The van der Waals surface area contributed by atoms with Crippen LogP contribution in [-0.4, -0.2) is 20.7 Å². The Kier molecular flexibility index (Phi) is 2.55. The quantitative estimate of drug-likeness (QED) is 0.788. The zero-order valence-corrected chi connectivity index (χ0v) is 9.64. The van der Waals surface area contributed by atoms with Gasteiger partial charge in [-0.15, -0.1) is 0 Å².